The molecule has 1 aliphatic heterocycles. The molecule has 0 aliphatic carbocycles. The summed E-state index contributed by atoms with van der Waals surface area (Å²) < 4.78 is 25.7. The Bertz CT molecular complexity index is 926. The van der Waals surface area contributed by atoms with Gasteiger partial charge in [-0.25, -0.2) is 8.42 Å². The molecule has 2 atom stereocenters. The fourth-order valence-corrected chi connectivity index (χ4v) is 4.83. The molecular formula is C23H32N2O2S. The first-order chi connectivity index (χ1) is 13.2. The third-order valence-electron chi connectivity index (χ3n) is 6.35. The Kier molecular flexibility index (Phi) is 6.15. The summed E-state index contributed by atoms with van der Waals surface area (Å²) in [7, 11) is -3.26. The second-order valence-electron chi connectivity index (χ2n) is 8.50. The van der Waals surface area contributed by atoms with Gasteiger partial charge >= 0.3 is 0 Å². The average molecular weight is 401 g/mol. The van der Waals surface area contributed by atoms with E-state index in [1.54, 1.807) is 0 Å². The molecule has 4 nitrogen and oxygen atoms in total. The van der Waals surface area contributed by atoms with Crippen molar-refractivity contribution in [3.8, 4) is 0 Å². The summed E-state index contributed by atoms with van der Waals surface area (Å²) in [6.45, 7) is 10.0. The number of sulfonamides is 1. The van der Waals surface area contributed by atoms with Gasteiger partial charge in [0, 0.05) is 18.8 Å². The summed E-state index contributed by atoms with van der Waals surface area (Å²) in [5, 5.41) is 0. The Morgan fingerprint density at radius 3 is 2.61 bits per heavy atom. The highest BCUT2D eigenvalue weighted by Gasteiger charge is 2.37. The molecule has 1 N–H and O–H groups in total. The van der Waals surface area contributed by atoms with Crippen molar-refractivity contribution in [3.05, 3.63) is 65.2 Å². The number of nitrogens with one attached hydrogen (secondary N) is 1. The lowest BCUT2D eigenvalue weighted by Gasteiger charge is -2.45. The molecule has 3 rings (SSSR count). The molecule has 1 heterocycles. The number of aryl methyl sites for hydroxylation is 1. The maximum Gasteiger partial charge on any atom is 0.229 e. The van der Waals surface area contributed by atoms with E-state index in [4.69, 9.17) is 0 Å². The number of hydrogen-bond donors (Lipinski definition) is 1. The highest BCUT2D eigenvalue weighted by molar-refractivity contribution is 7.92. The fourth-order valence-electron chi connectivity index (χ4n) is 4.27. The number of piperidine rings is 1. The number of rotatable bonds is 6. The van der Waals surface area contributed by atoms with Crippen molar-refractivity contribution in [2.75, 3.05) is 30.6 Å². The minimum absolute atomic E-state index is 0.0500. The second kappa shape index (κ2) is 8.26. The van der Waals surface area contributed by atoms with E-state index in [1.807, 2.05) is 18.2 Å². The summed E-state index contributed by atoms with van der Waals surface area (Å²) >= 11 is 0. The predicted molar refractivity (Wildman–Crippen MR) is 117 cm³/mol. The molecule has 0 bridgehead atoms. The van der Waals surface area contributed by atoms with Crippen LogP contribution in [0.4, 0.5) is 5.69 Å². The van der Waals surface area contributed by atoms with E-state index in [9.17, 15) is 8.42 Å². The molecule has 0 aromatic heterocycles. The summed E-state index contributed by atoms with van der Waals surface area (Å²) in [5.41, 5.74) is 4.71. The van der Waals surface area contributed by atoms with Crippen LogP contribution in [0.1, 0.15) is 37.0 Å². The maximum absolute atomic E-state index is 11.6. The van der Waals surface area contributed by atoms with Crippen LogP contribution in [0, 0.1) is 12.8 Å². The molecule has 5 heteroatoms. The summed E-state index contributed by atoms with van der Waals surface area (Å²) in [6, 6.07) is 16.5. The number of nitrogens with zero attached hydrogens (tertiary/aromatic N) is 1. The van der Waals surface area contributed by atoms with Gasteiger partial charge in [-0.1, -0.05) is 50.2 Å². The van der Waals surface area contributed by atoms with Gasteiger partial charge in [-0.15, -0.1) is 0 Å². The van der Waals surface area contributed by atoms with E-state index in [1.165, 1.54) is 22.9 Å². The number of benzene rings is 2. The fraction of sp³-hybridized carbons (Fsp3) is 0.478. The molecule has 28 heavy (non-hydrogen) atoms. The molecule has 2 aromatic carbocycles. The largest absolute Gasteiger partial charge is 0.303 e. The Morgan fingerprint density at radius 1 is 1.18 bits per heavy atom. The Hall–Kier alpha value is -1.85. The molecule has 2 unspecified atom stereocenters. The smallest absolute Gasteiger partial charge is 0.229 e. The Labute approximate surface area is 170 Å². The standard InChI is InChI=1S/C23H32N2O2S/c1-18-8-5-6-9-20(18)12-14-25-15-13-23(3,19(2)17-25)21-10-7-11-22(16-21)24-28(4,26)27/h5-11,16,19,24H,12-15,17H2,1-4H3. The normalized spacial score (nSPS) is 23.5. The van der Waals surface area contributed by atoms with Gasteiger partial charge in [-0.2, -0.15) is 0 Å². The monoisotopic (exact) mass is 400 g/mol. The van der Waals surface area contributed by atoms with Gasteiger partial charge in [0.25, 0.3) is 0 Å². The summed E-state index contributed by atoms with van der Waals surface area (Å²) in [5.74, 6) is 0.492. The molecule has 1 fully saturated rings. The van der Waals surface area contributed by atoms with Gasteiger partial charge < -0.3 is 4.90 Å². The van der Waals surface area contributed by atoms with Gasteiger partial charge in [0.05, 0.1) is 6.26 Å². The van der Waals surface area contributed by atoms with Gasteiger partial charge in [-0.05, 0) is 66.5 Å². The third-order valence-corrected chi connectivity index (χ3v) is 6.96. The number of anilines is 1. The first-order valence-corrected chi connectivity index (χ1v) is 11.9. The Morgan fingerprint density at radius 2 is 1.93 bits per heavy atom. The van der Waals surface area contributed by atoms with Gasteiger partial charge in [0.1, 0.15) is 0 Å². The van der Waals surface area contributed by atoms with Crippen LogP contribution < -0.4 is 4.72 Å². The van der Waals surface area contributed by atoms with E-state index in [0.717, 1.165) is 32.5 Å². The minimum atomic E-state index is -3.26. The van der Waals surface area contributed by atoms with Crippen molar-refractivity contribution in [1.82, 2.24) is 4.90 Å². The molecular weight excluding hydrogens is 368 g/mol. The molecule has 0 radical (unpaired) electrons. The van der Waals surface area contributed by atoms with E-state index in [0.29, 0.717) is 11.6 Å². The highest BCUT2D eigenvalue weighted by atomic mass is 32.2. The first-order valence-electron chi connectivity index (χ1n) is 10.0. The molecule has 1 aliphatic rings. The maximum atomic E-state index is 11.6. The molecule has 0 saturated carbocycles. The topological polar surface area (TPSA) is 49.4 Å². The Balaban J connectivity index is 1.67. The molecule has 2 aromatic rings. The van der Waals surface area contributed by atoms with Crippen LogP contribution in [-0.2, 0) is 21.9 Å². The summed E-state index contributed by atoms with van der Waals surface area (Å²) in [4.78, 5) is 2.57. The lowest BCUT2D eigenvalue weighted by atomic mass is 9.68. The quantitative estimate of drug-likeness (QED) is 0.790. The molecule has 0 amide bonds. The SMILES string of the molecule is Cc1ccccc1CCN1CCC(C)(c2cccc(NS(C)(=O)=O)c2)C(C)C1. The number of hydrogen-bond acceptors (Lipinski definition) is 3. The van der Waals surface area contributed by atoms with Crippen molar-refractivity contribution < 1.29 is 8.42 Å². The van der Waals surface area contributed by atoms with E-state index >= 15 is 0 Å². The highest BCUT2D eigenvalue weighted by Crippen LogP contribution is 2.40. The van der Waals surface area contributed by atoms with Gasteiger partial charge in [-0.3, -0.25) is 4.72 Å². The van der Waals surface area contributed by atoms with E-state index in [-0.39, 0.29) is 5.41 Å². The molecule has 0 spiro atoms. The second-order valence-corrected chi connectivity index (χ2v) is 10.2. The minimum Gasteiger partial charge on any atom is -0.303 e. The van der Waals surface area contributed by atoms with E-state index in [2.05, 4.69) is 60.7 Å². The van der Waals surface area contributed by atoms with Crippen LogP contribution in [0.2, 0.25) is 0 Å². The van der Waals surface area contributed by atoms with Crippen LogP contribution >= 0.6 is 0 Å². The first kappa shape index (κ1) is 20.9. The zero-order chi connectivity index (χ0) is 20.4. The summed E-state index contributed by atoms with van der Waals surface area (Å²) in [6.07, 6.45) is 3.35. The van der Waals surface area contributed by atoms with E-state index < -0.39 is 10.0 Å². The zero-order valence-electron chi connectivity index (χ0n) is 17.4. The molecule has 152 valence electrons. The van der Waals surface area contributed by atoms with Crippen LogP contribution in [0.15, 0.2) is 48.5 Å². The third kappa shape index (κ3) is 4.95. The van der Waals surface area contributed by atoms with Crippen LogP contribution in [-0.4, -0.2) is 39.2 Å². The van der Waals surface area contributed by atoms with Crippen molar-refractivity contribution in [3.63, 3.8) is 0 Å². The van der Waals surface area contributed by atoms with Crippen molar-refractivity contribution in [2.45, 2.75) is 39.0 Å². The van der Waals surface area contributed by atoms with Crippen LogP contribution in [0.5, 0.6) is 0 Å². The number of likely N-dealkylation sites (tertiary alicyclic amines) is 1. The predicted octanol–water partition coefficient (Wildman–Crippen LogP) is 4.21. The average Bonchev–Trinajstić information content (AvgIpc) is 2.63. The van der Waals surface area contributed by atoms with Crippen LogP contribution in [0.25, 0.3) is 0 Å². The van der Waals surface area contributed by atoms with Gasteiger partial charge in [0.15, 0.2) is 0 Å². The molecule has 1 saturated heterocycles. The van der Waals surface area contributed by atoms with Crippen molar-refractivity contribution in [2.24, 2.45) is 5.92 Å². The zero-order valence-corrected chi connectivity index (χ0v) is 18.2. The van der Waals surface area contributed by atoms with Gasteiger partial charge in [0.2, 0.25) is 10.0 Å². The van der Waals surface area contributed by atoms with Crippen molar-refractivity contribution in [1.29, 1.82) is 0 Å². The lowest BCUT2D eigenvalue weighted by molar-refractivity contribution is 0.112. The lowest BCUT2D eigenvalue weighted by Crippen LogP contribution is -2.47. The van der Waals surface area contributed by atoms with Crippen molar-refractivity contribution >= 4 is 15.7 Å². The van der Waals surface area contributed by atoms with Crippen LogP contribution in [0.3, 0.4) is 0 Å².